The van der Waals surface area contributed by atoms with Crippen LogP contribution in [0.15, 0.2) is 238 Å². The monoisotopic (exact) mass is 2160 g/mol. The standard InChI is InChI=1S/C25H30N4O2S.C22H27N5O2S.C21H21F3N4O2S.2C21H25N3O2S2/c1-32(30,31)29-12-9-22(10-13-29)28-25-16-20(14-19-8-11-26-17-24(19)25)18-4-2-7-23(15-18)27-21-5-3-6-21;1-3-24-22-5-4-17(14-25-22)18-12-16-6-9-23-15-20(16)21(13-18)26-19-7-10-27(11-8-19)30(2,28)29;1-31(29,30)28-6-3-18(4-7-28)27-20-10-15(8-14-2-5-25-13-19(14)20)16-9-17(12-26-11-16)21(22,23)24;1-3-28(25,26)24-8-5-19(6-9-24)23-21-12-17(18-10-15(2)27-14-18)11-16-4-7-22-13-20(16)21;1-3-28(25,26)24-10-7-18(8-11-24)23-20-13-17(21-5-4-15(2)27-21)12-16-6-9-22-14-19(16)20/h2,4,7-8,11,14-17,21-22,27-28H,3,5-6,9-10,12-13H2,1H3;4-6,9,12-15,19,26H,3,7-8,10-11H2,1-2H3,(H,24,25);2,5,8-13,18,27H,3-4,6-7H2,1H3;4,7,10-14,19,23H,3,5-6,8-9H2,1-2H3;4-6,9,12-14,18,23H,3,7-8,10-11H2,1-2H3. The van der Waals surface area contributed by atoms with E-state index in [1.165, 1.54) is 91.1 Å². The van der Waals surface area contributed by atoms with E-state index < -0.39 is 61.9 Å². The van der Waals surface area contributed by atoms with Gasteiger partial charge in [0.05, 0.1) is 35.8 Å². The van der Waals surface area contributed by atoms with Crippen LogP contribution in [-0.2, 0) is 56.3 Å². The Bertz CT molecular complexity index is 7680. The number of alkyl halides is 3. The Morgan fingerprint density at radius 3 is 1.03 bits per heavy atom. The van der Waals surface area contributed by atoms with Gasteiger partial charge in [0.1, 0.15) is 5.82 Å². The number of benzene rings is 6. The maximum absolute atomic E-state index is 13.1. The predicted octanol–water partition coefficient (Wildman–Crippen LogP) is 21.4. The van der Waals surface area contributed by atoms with E-state index in [0.29, 0.717) is 95.5 Å². The van der Waals surface area contributed by atoms with Gasteiger partial charge in [-0.1, -0.05) is 12.1 Å². The fraction of sp³-hybridized carbons (Fsp3) is 0.373. The molecule has 0 bridgehead atoms. The summed E-state index contributed by atoms with van der Waals surface area (Å²) >= 11 is 3.55. The van der Waals surface area contributed by atoms with Gasteiger partial charge in [0, 0.05) is 276 Å². The highest BCUT2D eigenvalue weighted by atomic mass is 32.2. The Kier molecular flexibility index (Phi) is 34.6. The van der Waals surface area contributed by atoms with Gasteiger partial charge in [-0.15, -0.1) is 22.7 Å². The molecule has 5 saturated heterocycles. The lowest BCUT2D eigenvalue weighted by atomic mass is 9.92. The lowest BCUT2D eigenvalue weighted by Crippen LogP contribution is -2.42. The third kappa shape index (κ3) is 27.9. The number of hydrogen-bond donors (Lipinski definition) is 7. The van der Waals surface area contributed by atoms with Crippen LogP contribution >= 0.6 is 22.7 Å². The van der Waals surface area contributed by atoms with Crippen molar-refractivity contribution < 1.29 is 55.3 Å². The summed E-state index contributed by atoms with van der Waals surface area (Å²) in [6, 6.07) is 53.0. The molecule has 0 radical (unpaired) electrons. The molecule has 5 aliphatic heterocycles. The molecule has 0 amide bonds. The van der Waals surface area contributed by atoms with E-state index in [4.69, 9.17) is 0 Å². The Morgan fingerprint density at radius 1 is 0.336 bits per heavy atom. The predicted molar refractivity (Wildman–Crippen MR) is 602 cm³/mol. The highest BCUT2D eigenvalue weighted by Crippen LogP contribution is 2.43. The molecule has 6 fully saturated rings. The SMILES string of the molecule is CCNc1ccc(-c2cc(NC3CCN(S(C)(=O)=O)CC3)c3cnccc3c2)cn1.CCS(=O)(=O)N1CCC(Nc2cc(-c3ccc(C)s3)cc3ccncc23)CC1.CCS(=O)(=O)N1CCC(Nc2cc(-c3csc(C)c3)cc3ccncc23)CC1.CS(=O)(=O)N1CCC(Nc2cc(-c3cccc(NC4CCC4)c3)cc3ccncc23)CC1.CS(=O)(=O)N1CCC(Nc2cc(-c3cncc(C(F)(F)F)c3)cc3ccncc23)CC1. The van der Waals surface area contributed by atoms with Gasteiger partial charge in [-0.2, -0.15) is 13.2 Å². The van der Waals surface area contributed by atoms with E-state index in [-0.39, 0.29) is 41.7 Å². The minimum absolute atomic E-state index is 0.0382. The molecular weight excluding hydrogens is 2030 g/mol. The van der Waals surface area contributed by atoms with Crippen LogP contribution in [0.3, 0.4) is 0 Å². The minimum Gasteiger partial charge on any atom is -0.382 e. The second-order valence-electron chi connectivity index (χ2n) is 38.9. The summed E-state index contributed by atoms with van der Waals surface area (Å²) in [4.78, 5) is 33.5. The van der Waals surface area contributed by atoms with Crippen LogP contribution in [0.1, 0.15) is 120 Å². The molecule has 6 aliphatic rings. The largest absolute Gasteiger partial charge is 0.417 e. The van der Waals surface area contributed by atoms with Crippen molar-refractivity contribution in [1.82, 2.24) is 56.4 Å². The highest BCUT2D eigenvalue weighted by molar-refractivity contribution is 7.89. The maximum atomic E-state index is 13.1. The number of halogens is 3. The zero-order valence-corrected chi connectivity index (χ0v) is 90.5. The first-order valence-corrected chi connectivity index (χ1v) is 61.1. The number of anilines is 7. The Morgan fingerprint density at radius 2 is 0.698 bits per heavy atom. The van der Waals surface area contributed by atoms with Crippen molar-refractivity contribution in [2.24, 2.45) is 0 Å². The first kappa shape index (κ1) is 108. The summed E-state index contributed by atoms with van der Waals surface area (Å²) in [5.74, 6) is 1.20. The molecule has 6 aromatic carbocycles. The molecule has 0 spiro atoms. The normalized spacial score (nSPS) is 16.8. The fourth-order valence-electron chi connectivity index (χ4n) is 19.8. The van der Waals surface area contributed by atoms with E-state index >= 15 is 0 Å². The lowest BCUT2D eigenvalue weighted by Gasteiger charge is -2.32. The van der Waals surface area contributed by atoms with Crippen molar-refractivity contribution in [3.8, 4) is 54.9 Å². The number of nitrogens with one attached hydrogen (secondary N) is 7. The van der Waals surface area contributed by atoms with Gasteiger partial charge >= 0.3 is 6.18 Å². The molecule has 0 atom stereocenters. The third-order valence-electron chi connectivity index (χ3n) is 28.4. The number of rotatable bonds is 26. The summed E-state index contributed by atoms with van der Waals surface area (Å²) in [6.45, 7) is 15.9. The van der Waals surface area contributed by atoms with Crippen LogP contribution in [0, 0.1) is 13.8 Å². The smallest absolute Gasteiger partial charge is 0.382 e. The average molecular weight is 2160 g/mol. The van der Waals surface area contributed by atoms with Crippen molar-refractivity contribution in [2.75, 3.05) is 139 Å². The van der Waals surface area contributed by atoms with Crippen molar-refractivity contribution >= 4 is 167 Å². The van der Waals surface area contributed by atoms with Crippen LogP contribution in [0.4, 0.5) is 53.1 Å². The number of aryl methyl sites for hydroxylation is 2. The summed E-state index contributed by atoms with van der Waals surface area (Å²) in [5, 5.41) is 37.8. The molecule has 29 nitrogen and oxygen atoms in total. The van der Waals surface area contributed by atoms with Crippen molar-refractivity contribution in [2.45, 2.75) is 161 Å². The Hall–Kier alpha value is -12.0. The van der Waals surface area contributed by atoms with Crippen molar-refractivity contribution in [1.29, 1.82) is 0 Å². The second kappa shape index (κ2) is 47.7. The molecule has 786 valence electrons. The Balaban J connectivity index is 0.000000127. The molecule has 15 aromatic rings. The first-order chi connectivity index (χ1) is 71.4. The molecular formula is C110H128F3N19O10S7. The van der Waals surface area contributed by atoms with E-state index in [1.54, 1.807) is 84.5 Å². The van der Waals surface area contributed by atoms with Gasteiger partial charge in [0.15, 0.2) is 0 Å². The Labute approximate surface area is 879 Å². The molecule has 39 heteroatoms. The van der Waals surface area contributed by atoms with Crippen molar-refractivity contribution in [3.05, 3.63) is 253 Å². The number of pyridine rings is 7. The van der Waals surface area contributed by atoms with Gasteiger partial charge in [0.25, 0.3) is 0 Å². The number of sulfonamides is 5. The van der Waals surface area contributed by atoms with E-state index in [0.717, 1.165) is 175 Å². The number of thiophene rings is 2. The summed E-state index contributed by atoms with van der Waals surface area (Å²) in [5.41, 5.74) is 14.4. The third-order valence-corrected chi connectivity index (χ3v) is 38.0. The number of piperidine rings is 5. The molecule has 0 unspecified atom stereocenters. The molecule has 14 heterocycles. The quantitative estimate of drug-likeness (QED) is 0.0265. The summed E-state index contributed by atoms with van der Waals surface area (Å²) in [7, 11) is -15.7. The van der Waals surface area contributed by atoms with Crippen LogP contribution < -0.4 is 37.2 Å². The van der Waals surface area contributed by atoms with E-state index in [2.05, 4.69) is 188 Å². The van der Waals surface area contributed by atoms with Gasteiger partial charge in [0.2, 0.25) is 50.1 Å². The highest BCUT2D eigenvalue weighted by Gasteiger charge is 2.35. The molecule has 7 N–H and O–H groups in total. The van der Waals surface area contributed by atoms with Crippen molar-refractivity contribution in [3.63, 3.8) is 0 Å². The molecule has 9 aromatic heterocycles. The molecule has 21 rings (SSSR count). The van der Waals surface area contributed by atoms with Crippen LogP contribution in [0.2, 0.25) is 0 Å². The summed E-state index contributed by atoms with van der Waals surface area (Å²) in [6.07, 6.45) is 33.0. The number of aromatic nitrogens is 7. The zero-order valence-electron chi connectivity index (χ0n) is 84.8. The number of nitrogens with zero attached hydrogens (tertiary/aromatic N) is 12. The first-order valence-electron chi connectivity index (χ1n) is 50.7. The van der Waals surface area contributed by atoms with Gasteiger partial charge in [-0.05, 0) is 329 Å². The lowest BCUT2D eigenvalue weighted by molar-refractivity contribution is -0.137. The molecule has 149 heavy (non-hydrogen) atoms. The minimum atomic E-state index is -4.47. The molecule has 1 saturated carbocycles. The average Bonchev–Trinajstić information content (AvgIpc) is 1.75. The van der Waals surface area contributed by atoms with Crippen LogP contribution in [0.25, 0.3) is 109 Å². The fourth-order valence-corrected chi connectivity index (χ4v) is 26.2. The van der Waals surface area contributed by atoms with Crippen LogP contribution in [-0.4, -0.2) is 237 Å². The van der Waals surface area contributed by atoms with E-state index in [1.807, 2.05) is 92.9 Å². The molecule has 1 aliphatic carbocycles. The van der Waals surface area contributed by atoms with Crippen LogP contribution in [0.5, 0.6) is 0 Å². The number of hydrogen-bond acceptors (Lipinski definition) is 26. The summed E-state index contributed by atoms with van der Waals surface area (Å²) < 4.78 is 166. The van der Waals surface area contributed by atoms with Gasteiger partial charge < -0.3 is 37.2 Å². The van der Waals surface area contributed by atoms with E-state index in [9.17, 15) is 55.3 Å². The maximum Gasteiger partial charge on any atom is 0.417 e. The number of fused-ring (bicyclic) bond motifs is 5. The van der Waals surface area contributed by atoms with Gasteiger partial charge in [-0.25, -0.2) is 68.6 Å². The van der Waals surface area contributed by atoms with Gasteiger partial charge in [-0.3, -0.25) is 29.9 Å². The zero-order chi connectivity index (χ0) is 105. The topological polar surface area (TPSA) is 361 Å². The second-order valence-corrected chi connectivity index (χ2v) is 51.8.